The lowest BCUT2D eigenvalue weighted by Gasteiger charge is -2.15. The van der Waals surface area contributed by atoms with Crippen molar-refractivity contribution in [3.63, 3.8) is 0 Å². The second-order valence-corrected chi connectivity index (χ2v) is 5.18. The summed E-state index contributed by atoms with van der Waals surface area (Å²) in [5, 5.41) is 13.9. The van der Waals surface area contributed by atoms with Crippen LogP contribution in [0.25, 0.3) is 11.4 Å². The molecule has 0 bridgehead atoms. The first kappa shape index (κ1) is 13.8. The summed E-state index contributed by atoms with van der Waals surface area (Å²) < 4.78 is 10.2. The molecule has 0 fully saturated rings. The largest absolute Gasteiger partial charge is 0.449 e. The SMILES string of the molecule is CC(C)(O)CCOc1nc(-c2ccccc2Cl)no1. The Morgan fingerprint density at radius 3 is 2.79 bits per heavy atom. The van der Waals surface area contributed by atoms with Crippen molar-refractivity contribution in [1.29, 1.82) is 0 Å². The zero-order chi connectivity index (χ0) is 13.9. The molecular formula is C13H15ClN2O3. The molecule has 0 aliphatic carbocycles. The molecular weight excluding hydrogens is 268 g/mol. The summed E-state index contributed by atoms with van der Waals surface area (Å²) >= 11 is 6.04. The lowest BCUT2D eigenvalue weighted by Crippen LogP contribution is -2.21. The molecule has 0 saturated carbocycles. The molecule has 0 spiro atoms. The van der Waals surface area contributed by atoms with E-state index < -0.39 is 5.60 Å². The van der Waals surface area contributed by atoms with Crippen LogP contribution in [0.3, 0.4) is 0 Å². The number of ether oxygens (including phenoxy) is 1. The smallest absolute Gasteiger partial charge is 0.417 e. The molecule has 19 heavy (non-hydrogen) atoms. The van der Waals surface area contributed by atoms with Gasteiger partial charge in [-0.15, -0.1) is 0 Å². The summed E-state index contributed by atoms with van der Waals surface area (Å²) in [6.45, 7) is 3.71. The van der Waals surface area contributed by atoms with Gasteiger partial charge in [-0.1, -0.05) is 28.9 Å². The average Bonchev–Trinajstić information content (AvgIpc) is 2.76. The second kappa shape index (κ2) is 5.59. The Morgan fingerprint density at radius 2 is 2.11 bits per heavy atom. The van der Waals surface area contributed by atoms with Crippen molar-refractivity contribution < 1.29 is 14.4 Å². The van der Waals surface area contributed by atoms with E-state index in [1.807, 2.05) is 12.1 Å². The van der Waals surface area contributed by atoms with Crippen molar-refractivity contribution in [3.8, 4) is 17.5 Å². The fraction of sp³-hybridized carbons (Fsp3) is 0.385. The maximum atomic E-state index is 9.55. The van der Waals surface area contributed by atoms with Crippen molar-refractivity contribution in [3.05, 3.63) is 29.3 Å². The predicted molar refractivity (Wildman–Crippen MR) is 71.2 cm³/mol. The summed E-state index contributed by atoms with van der Waals surface area (Å²) in [7, 11) is 0. The standard InChI is InChI=1S/C13H15ClN2O3/c1-13(2,17)7-8-18-12-15-11(16-19-12)9-5-3-4-6-10(9)14/h3-6,17H,7-8H2,1-2H3. The van der Waals surface area contributed by atoms with Gasteiger partial charge < -0.3 is 9.84 Å². The molecule has 0 atom stereocenters. The van der Waals surface area contributed by atoms with Crippen LogP contribution < -0.4 is 4.74 Å². The highest BCUT2D eigenvalue weighted by molar-refractivity contribution is 6.33. The lowest BCUT2D eigenvalue weighted by atomic mass is 10.1. The van der Waals surface area contributed by atoms with Crippen LogP contribution in [0.2, 0.25) is 5.02 Å². The first-order chi connectivity index (χ1) is 8.96. The van der Waals surface area contributed by atoms with Crippen LogP contribution in [0.15, 0.2) is 28.8 Å². The lowest BCUT2D eigenvalue weighted by molar-refractivity contribution is 0.0492. The third-order valence-electron chi connectivity index (χ3n) is 2.46. The summed E-state index contributed by atoms with van der Waals surface area (Å²) in [6, 6.07) is 7.22. The molecule has 0 unspecified atom stereocenters. The highest BCUT2D eigenvalue weighted by atomic mass is 35.5. The minimum absolute atomic E-state index is 0.0687. The van der Waals surface area contributed by atoms with E-state index in [9.17, 15) is 5.11 Å². The van der Waals surface area contributed by atoms with Gasteiger partial charge >= 0.3 is 6.08 Å². The molecule has 0 aliphatic rings. The van der Waals surface area contributed by atoms with E-state index in [1.165, 1.54) is 0 Å². The van der Waals surface area contributed by atoms with Crippen LogP contribution >= 0.6 is 11.6 Å². The number of aliphatic hydroxyl groups is 1. The number of benzene rings is 1. The number of hydrogen-bond donors (Lipinski definition) is 1. The highest BCUT2D eigenvalue weighted by Crippen LogP contribution is 2.26. The van der Waals surface area contributed by atoms with Gasteiger partial charge in [0, 0.05) is 12.0 Å². The number of aromatic nitrogens is 2. The van der Waals surface area contributed by atoms with Crippen LogP contribution in [0.5, 0.6) is 6.08 Å². The fourth-order valence-corrected chi connectivity index (χ4v) is 1.63. The summed E-state index contributed by atoms with van der Waals surface area (Å²) in [5.41, 5.74) is -0.101. The molecule has 0 aliphatic heterocycles. The van der Waals surface area contributed by atoms with Crippen LogP contribution in [0, 0.1) is 0 Å². The van der Waals surface area contributed by atoms with Crippen LogP contribution in [0.4, 0.5) is 0 Å². The van der Waals surface area contributed by atoms with Gasteiger partial charge in [0.1, 0.15) is 0 Å². The van der Waals surface area contributed by atoms with E-state index in [1.54, 1.807) is 26.0 Å². The highest BCUT2D eigenvalue weighted by Gasteiger charge is 2.15. The van der Waals surface area contributed by atoms with Crippen LogP contribution in [-0.4, -0.2) is 27.5 Å². The van der Waals surface area contributed by atoms with Gasteiger partial charge in [0.05, 0.1) is 17.2 Å². The predicted octanol–water partition coefficient (Wildman–Crippen LogP) is 2.93. The first-order valence-corrected chi connectivity index (χ1v) is 6.27. The van der Waals surface area contributed by atoms with E-state index in [2.05, 4.69) is 10.1 Å². The van der Waals surface area contributed by atoms with Gasteiger partial charge in [-0.3, -0.25) is 4.52 Å². The maximum absolute atomic E-state index is 9.55. The summed E-state index contributed by atoms with van der Waals surface area (Å²) in [4.78, 5) is 4.09. The minimum atomic E-state index is -0.786. The normalized spacial score (nSPS) is 11.6. The average molecular weight is 283 g/mol. The quantitative estimate of drug-likeness (QED) is 0.913. The van der Waals surface area contributed by atoms with Crippen molar-refractivity contribution in [1.82, 2.24) is 10.1 Å². The van der Waals surface area contributed by atoms with Crippen LogP contribution in [0.1, 0.15) is 20.3 Å². The first-order valence-electron chi connectivity index (χ1n) is 5.89. The van der Waals surface area contributed by atoms with Crippen molar-refractivity contribution in [2.24, 2.45) is 0 Å². The molecule has 1 aromatic heterocycles. The second-order valence-electron chi connectivity index (χ2n) is 4.77. The molecule has 6 heteroatoms. The maximum Gasteiger partial charge on any atom is 0.417 e. The number of nitrogens with zero attached hydrogens (tertiary/aromatic N) is 2. The third-order valence-corrected chi connectivity index (χ3v) is 2.79. The molecule has 0 radical (unpaired) electrons. The Labute approximate surface area is 116 Å². The molecule has 102 valence electrons. The monoisotopic (exact) mass is 282 g/mol. The van der Waals surface area contributed by atoms with Gasteiger partial charge in [0.25, 0.3) is 0 Å². The van der Waals surface area contributed by atoms with Crippen molar-refractivity contribution in [2.75, 3.05) is 6.61 Å². The van der Waals surface area contributed by atoms with Crippen LogP contribution in [-0.2, 0) is 0 Å². The molecule has 5 nitrogen and oxygen atoms in total. The topological polar surface area (TPSA) is 68.4 Å². The zero-order valence-electron chi connectivity index (χ0n) is 10.8. The number of hydrogen-bond acceptors (Lipinski definition) is 5. The van der Waals surface area contributed by atoms with Gasteiger partial charge in [-0.05, 0) is 26.0 Å². The molecule has 1 heterocycles. The Balaban J connectivity index is 2.02. The van der Waals surface area contributed by atoms with E-state index in [-0.39, 0.29) is 6.08 Å². The number of halogens is 1. The molecule has 0 saturated heterocycles. The Hall–Kier alpha value is -1.59. The zero-order valence-corrected chi connectivity index (χ0v) is 11.5. The fourth-order valence-electron chi connectivity index (χ4n) is 1.41. The molecule has 1 N–H and O–H groups in total. The Kier molecular flexibility index (Phi) is 4.07. The van der Waals surface area contributed by atoms with Crippen molar-refractivity contribution in [2.45, 2.75) is 25.9 Å². The van der Waals surface area contributed by atoms with E-state index >= 15 is 0 Å². The molecule has 0 amide bonds. The Morgan fingerprint density at radius 1 is 1.37 bits per heavy atom. The molecule has 2 rings (SSSR count). The van der Waals surface area contributed by atoms with E-state index in [0.717, 1.165) is 0 Å². The summed E-state index contributed by atoms with van der Waals surface area (Å²) in [5.74, 6) is 0.379. The molecule has 2 aromatic rings. The third kappa shape index (κ3) is 3.94. The van der Waals surface area contributed by atoms with Crippen molar-refractivity contribution >= 4 is 11.6 Å². The van der Waals surface area contributed by atoms with Gasteiger partial charge in [0.2, 0.25) is 5.82 Å². The summed E-state index contributed by atoms with van der Waals surface area (Å²) in [6.07, 6.45) is 0.538. The minimum Gasteiger partial charge on any atom is -0.449 e. The van der Waals surface area contributed by atoms with E-state index in [4.69, 9.17) is 20.9 Å². The number of rotatable bonds is 5. The van der Waals surface area contributed by atoms with E-state index in [0.29, 0.717) is 29.4 Å². The Bertz CT molecular complexity index is 549. The molecule has 1 aromatic carbocycles. The van der Waals surface area contributed by atoms with Gasteiger partial charge in [-0.2, -0.15) is 4.98 Å². The van der Waals surface area contributed by atoms with Gasteiger partial charge in [0.15, 0.2) is 0 Å². The van der Waals surface area contributed by atoms with Gasteiger partial charge in [-0.25, -0.2) is 0 Å².